The van der Waals surface area contributed by atoms with Gasteiger partial charge in [0.15, 0.2) is 0 Å². The average Bonchev–Trinajstić information content (AvgIpc) is 2.80. The molecule has 8 heteroatoms. The first kappa shape index (κ1) is 13.6. The van der Waals surface area contributed by atoms with Crippen LogP contribution in [0.3, 0.4) is 0 Å². The van der Waals surface area contributed by atoms with Crippen molar-refractivity contribution in [2.45, 2.75) is 24.8 Å². The Balaban J connectivity index is 1.92. The van der Waals surface area contributed by atoms with E-state index in [0.717, 1.165) is 21.7 Å². The minimum Gasteiger partial charge on any atom is -0.334 e. The fraction of sp³-hybridized carbons (Fsp3) is 0.231. The fourth-order valence-corrected chi connectivity index (χ4v) is 2.97. The molecule has 0 amide bonds. The van der Waals surface area contributed by atoms with Crippen molar-refractivity contribution < 1.29 is 0 Å². The van der Waals surface area contributed by atoms with Crippen LogP contribution in [0.15, 0.2) is 34.3 Å². The topological polar surface area (TPSA) is 91.1 Å². The number of pyridine rings is 1. The fourth-order valence-electron chi connectivity index (χ4n) is 2.04. The Hall–Kier alpha value is -2.35. The van der Waals surface area contributed by atoms with Crippen LogP contribution in [-0.4, -0.2) is 24.3 Å². The van der Waals surface area contributed by atoms with Gasteiger partial charge in [-0.3, -0.25) is 4.79 Å². The third kappa shape index (κ3) is 2.38. The largest absolute Gasteiger partial charge is 0.334 e. The molecular weight excluding hydrogens is 288 g/mol. The maximum absolute atomic E-state index is 11.7. The number of imidazole rings is 1. The summed E-state index contributed by atoms with van der Waals surface area (Å²) in [6.45, 7) is 3.54. The zero-order valence-electron chi connectivity index (χ0n) is 11.6. The summed E-state index contributed by atoms with van der Waals surface area (Å²) >= 11 is 1.36. The first-order chi connectivity index (χ1) is 10.1. The van der Waals surface area contributed by atoms with Crippen molar-refractivity contribution in [1.29, 1.82) is 0 Å². The van der Waals surface area contributed by atoms with Gasteiger partial charge in [-0.2, -0.15) is 4.68 Å². The highest BCUT2D eigenvalue weighted by Gasteiger charge is 2.12. The van der Waals surface area contributed by atoms with E-state index in [1.54, 1.807) is 6.92 Å². The smallest absolute Gasteiger partial charge is 0.294 e. The summed E-state index contributed by atoms with van der Waals surface area (Å²) in [6.07, 6.45) is 1.96. The van der Waals surface area contributed by atoms with E-state index in [1.165, 1.54) is 11.8 Å². The quantitative estimate of drug-likeness (QED) is 0.571. The molecule has 3 heterocycles. The molecule has 3 aromatic rings. The van der Waals surface area contributed by atoms with Crippen LogP contribution in [0, 0.1) is 13.8 Å². The van der Waals surface area contributed by atoms with E-state index >= 15 is 0 Å². The van der Waals surface area contributed by atoms with Crippen molar-refractivity contribution >= 4 is 17.4 Å². The lowest BCUT2D eigenvalue weighted by Crippen LogP contribution is -2.32. The molecule has 0 saturated carbocycles. The minimum absolute atomic E-state index is 0.285. The third-order valence-corrected chi connectivity index (χ3v) is 4.14. The monoisotopic (exact) mass is 302 g/mol. The van der Waals surface area contributed by atoms with Crippen LogP contribution in [0.4, 0.5) is 0 Å². The lowest BCUT2D eigenvalue weighted by molar-refractivity contribution is 0.681. The molecule has 108 valence electrons. The minimum atomic E-state index is -0.331. The van der Waals surface area contributed by atoms with Crippen LogP contribution in [-0.2, 0) is 5.75 Å². The molecule has 3 aromatic heterocycles. The number of fused-ring (bicyclic) bond motifs is 1. The molecule has 3 rings (SSSR count). The van der Waals surface area contributed by atoms with Crippen LogP contribution >= 0.6 is 11.8 Å². The van der Waals surface area contributed by atoms with Crippen molar-refractivity contribution in [3.63, 3.8) is 0 Å². The van der Waals surface area contributed by atoms with Gasteiger partial charge in [0.1, 0.15) is 11.3 Å². The number of thioether (sulfide) groups is 1. The standard InChI is InChI=1S/C13H14N6OS/c1-8-10(18-6-4-3-5-11(18)15-8)7-21-13-17-16-9(2)12(20)19(13)14/h3-6H,7,14H2,1-2H3. The summed E-state index contributed by atoms with van der Waals surface area (Å²) in [4.78, 5) is 16.2. The van der Waals surface area contributed by atoms with Crippen molar-refractivity contribution in [3.05, 3.63) is 51.8 Å². The Kier molecular flexibility index (Phi) is 3.38. The molecule has 7 nitrogen and oxygen atoms in total. The number of nitrogen functional groups attached to an aromatic ring is 1. The molecule has 0 spiro atoms. The van der Waals surface area contributed by atoms with Gasteiger partial charge < -0.3 is 10.2 Å². The molecule has 0 aliphatic rings. The van der Waals surface area contributed by atoms with E-state index in [1.807, 2.05) is 35.7 Å². The highest BCUT2D eigenvalue weighted by Crippen LogP contribution is 2.22. The molecular formula is C13H14N6OS. The van der Waals surface area contributed by atoms with Gasteiger partial charge in [0, 0.05) is 11.9 Å². The second-order valence-electron chi connectivity index (χ2n) is 4.60. The molecule has 0 aromatic carbocycles. The first-order valence-electron chi connectivity index (χ1n) is 6.34. The van der Waals surface area contributed by atoms with E-state index in [9.17, 15) is 4.79 Å². The number of hydrogen-bond donors (Lipinski definition) is 1. The molecule has 0 aliphatic carbocycles. The molecule has 0 atom stereocenters. The maximum Gasteiger partial charge on any atom is 0.294 e. The van der Waals surface area contributed by atoms with Crippen LogP contribution in [0.1, 0.15) is 17.1 Å². The van der Waals surface area contributed by atoms with Gasteiger partial charge in [0.25, 0.3) is 5.56 Å². The van der Waals surface area contributed by atoms with E-state index < -0.39 is 0 Å². The van der Waals surface area contributed by atoms with Gasteiger partial charge in [-0.25, -0.2) is 4.98 Å². The van der Waals surface area contributed by atoms with Crippen molar-refractivity contribution in [1.82, 2.24) is 24.3 Å². The summed E-state index contributed by atoms with van der Waals surface area (Å²) < 4.78 is 3.05. The zero-order chi connectivity index (χ0) is 15.0. The van der Waals surface area contributed by atoms with Crippen LogP contribution < -0.4 is 11.4 Å². The summed E-state index contributed by atoms with van der Waals surface area (Å²) in [5, 5.41) is 8.17. The average molecular weight is 302 g/mol. The van der Waals surface area contributed by atoms with Gasteiger partial charge in [0.05, 0.1) is 11.4 Å². The highest BCUT2D eigenvalue weighted by atomic mass is 32.2. The molecule has 21 heavy (non-hydrogen) atoms. The van der Waals surface area contributed by atoms with Crippen molar-refractivity contribution in [2.75, 3.05) is 5.84 Å². The normalized spacial score (nSPS) is 11.1. The van der Waals surface area contributed by atoms with Gasteiger partial charge in [-0.15, -0.1) is 10.2 Å². The number of nitrogens with two attached hydrogens (primary N) is 1. The number of rotatable bonds is 3. The van der Waals surface area contributed by atoms with Gasteiger partial charge >= 0.3 is 0 Å². The van der Waals surface area contributed by atoms with E-state index in [2.05, 4.69) is 15.2 Å². The Bertz CT molecular complexity index is 869. The van der Waals surface area contributed by atoms with Crippen LogP contribution in [0.25, 0.3) is 5.65 Å². The highest BCUT2D eigenvalue weighted by molar-refractivity contribution is 7.98. The van der Waals surface area contributed by atoms with Gasteiger partial charge in [-0.05, 0) is 26.0 Å². The number of aryl methyl sites for hydroxylation is 2. The SMILES string of the molecule is Cc1nc2ccccn2c1CSc1nnc(C)c(=O)n1N. The molecule has 0 aliphatic heterocycles. The van der Waals surface area contributed by atoms with Crippen molar-refractivity contribution in [3.8, 4) is 0 Å². The van der Waals surface area contributed by atoms with E-state index in [4.69, 9.17) is 5.84 Å². The van der Waals surface area contributed by atoms with Gasteiger partial charge in [-0.1, -0.05) is 17.8 Å². The zero-order valence-corrected chi connectivity index (χ0v) is 12.5. The summed E-state index contributed by atoms with van der Waals surface area (Å²) in [5.41, 5.74) is 2.84. The predicted octanol–water partition coefficient (Wildman–Crippen LogP) is 0.909. The Morgan fingerprint density at radius 1 is 1.24 bits per heavy atom. The second-order valence-corrected chi connectivity index (χ2v) is 5.55. The molecule has 0 unspecified atom stereocenters. The number of aromatic nitrogens is 5. The Morgan fingerprint density at radius 3 is 2.86 bits per heavy atom. The van der Waals surface area contributed by atoms with Gasteiger partial charge in [0.2, 0.25) is 5.16 Å². The molecule has 2 N–H and O–H groups in total. The first-order valence-corrected chi connectivity index (χ1v) is 7.33. The molecule has 0 bridgehead atoms. The van der Waals surface area contributed by atoms with Crippen LogP contribution in [0.5, 0.6) is 0 Å². The Labute approximate surface area is 124 Å². The van der Waals surface area contributed by atoms with Crippen LogP contribution in [0.2, 0.25) is 0 Å². The lowest BCUT2D eigenvalue weighted by atomic mass is 10.4. The summed E-state index contributed by atoms with van der Waals surface area (Å²) in [5.74, 6) is 6.33. The van der Waals surface area contributed by atoms with E-state index in [0.29, 0.717) is 10.9 Å². The molecule has 0 saturated heterocycles. The molecule has 0 radical (unpaired) electrons. The number of nitrogens with zero attached hydrogens (tertiary/aromatic N) is 5. The predicted molar refractivity (Wildman–Crippen MR) is 80.7 cm³/mol. The number of hydrogen-bond acceptors (Lipinski definition) is 6. The maximum atomic E-state index is 11.7. The van der Waals surface area contributed by atoms with E-state index in [-0.39, 0.29) is 11.3 Å². The Morgan fingerprint density at radius 2 is 2.05 bits per heavy atom. The lowest BCUT2D eigenvalue weighted by Gasteiger charge is -2.06. The molecule has 0 fully saturated rings. The summed E-state index contributed by atoms with van der Waals surface area (Å²) in [7, 11) is 0. The summed E-state index contributed by atoms with van der Waals surface area (Å²) in [6, 6.07) is 5.85. The third-order valence-electron chi connectivity index (χ3n) is 3.19. The van der Waals surface area contributed by atoms with Crippen molar-refractivity contribution in [2.24, 2.45) is 0 Å². The second kappa shape index (κ2) is 5.21.